The predicted molar refractivity (Wildman–Crippen MR) is 165 cm³/mol. The maximum atomic E-state index is 13.9. The monoisotopic (exact) mass is 554 g/mol. The van der Waals surface area contributed by atoms with Crippen LogP contribution in [0.3, 0.4) is 0 Å². The van der Waals surface area contributed by atoms with Gasteiger partial charge < -0.3 is 19.1 Å². The summed E-state index contributed by atoms with van der Waals surface area (Å²) in [4.78, 5) is 7.46. The van der Waals surface area contributed by atoms with Gasteiger partial charge in [0.1, 0.15) is 17.3 Å². The molecule has 0 bridgehead atoms. The van der Waals surface area contributed by atoms with Crippen LogP contribution in [0.2, 0.25) is 0 Å². The van der Waals surface area contributed by atoms with Crippen LogP contribution in [0.1, 0.15) is 5.56 Å². The molecule has 5 nitrogen and oxygen atoms in total. The number of methoxy groups -OCH3 is 2. The molecule has 6 aromatic rings. The van der Waals surface area contributed by atoms with Gasteiger partial charge in [-0.25, -0.2) is 9.37 Å². The van der Waals surface area contributed by atoms with E-state index >= 15 is 0 Å². The Bertz CT molecular complexity index is 1900. The molecule has 5 aromatic carbocycles. The molecule has 6 heteroatoms. The van der Waals surface area contributed by atoms with E-state index in [1.165, 1.54) is 12.1 Å². The fourth-order valence-corrected chi connectivity index (χ4v) is 5.60. The lowest BCUT2D eigenvalue weighted by atomic mass is 9.94. The summed E-state index contributed by atoms with van der Waals surface area (Å²) in [6.45, 7) is 2.09. The Hall–Kier alpha value is -5.36. The largest absolute Gasteiger partial charge is 0.497 e. The Morgan fingerprint density at radius 2 is 1.29 bits per heavy atom. The molecule has 1 aliphatic rings. The molecule has 1 aromatic heterocycles. The van der Waals surface area contributed by atoms with Crippen LogP contribution in [0.5, 0.6) is 23.0 Å². The molecule has 42 heavy (non-hydrogen) atoms. The molecular formula is C36H27FN2O3. The topological polar surface area (TPSA) is 43.8 Å². The molecule has 0 radical (unpaired) electrons. The molecule has 0 saturated heterocycles. The van der Waals surface area contributed by atoms with E-state index in [1.807, 2.05) is 54.6 Å². The summed E-state index contributed by atoms with van der Waals surface area (Å²) < 4.78 is 31.5. The Morgan fingerprint density at radius 1 is 0.667 bits per heavy atom. The first-order chi connectivity index (χ1) is 20.5. The predicted octanol–water partition coefficient (Wildman–Crippen LogP) is 9.61. The average Bonchev–Trinajstić information content (AvgIpc) is 3.03. The number of nitrogens with zero attached hydrogens (tertiary/aromatic N) is 2. The van der Waals surface area contributed by atoms with Crippen molar-refractivity contribution in [3.05, 3.63) is 121 Å². The highest BCUT2D eigenvalue weighted by atomic mass is 19.1. The standard InChI is InChI=1S/C36H27FN2O3/c1-22-12-17-32(39-30-8-4-6-10-33(30)42-34-11-7-5-9-31(34)39)36-35(22)28(24-18-26(40-2)20-27(19-24)41-3)21-29(38-36)23-13-15-25(37)16-14-23/h4-21H,1-3H3. The molecule has 2 heterocycles. The lowest BCUT2D eigenvalue weighted by molar-refractivity contribution is 0.394. The van der Waals surface area contributed by atoms with Gasteiger partial charge in [0.05, 0.1) is 42.5 Å². The van der Waals surface area contributed by atoms with Gasteiger partial charge in [-0.1, -0.05) is 30.3 Å². The Morgan fingerprint density at radius 3 is 1.90 bits per heavy atom. The van der Waals surface area contributed by atoms with Gasteiger partial charge in [0.15, 0.2) is 11.5 Å². The molecule has 0 fully saturated rings. The molecule has 0 amide bonds. The smallest absolute Gasteiger partial charge is 0.151 e. The maximum absolute atomic E-state index is 13.9. The number of rotatable bonds is 5. The second-order valence-electron chi connectivity index (χ2n) is 10.2. The number of anilines is 3. The van der Waals surface area contributed by atoms with Crippen LogP contribution in [-0.2, 0) is 0 Å². The van der Waals surface area contributed by atoms with Crippen molar-refractivity contribution in [3.63, 3.8) is 0 Å². The van der Waals surface area contributed by atoms with Gasteiger partial charge in [0, 0.05) is 17.0 Å². The summed E-state index contributed by atoms with van der Waals surface area (Å²) in [6, 6.07) is 34.6. The third kappa shape index (κ3) is 4.29. The summed E-state index contributed by atoms with van der Waals surface area (Å²) in [5.41, 5.74) is 8.03. The third-order valence-corrected chi connectivity index (χ3v) is 7.62. The van der Waals surface area contributed by atoms with Gasteiger partial charge >= 0.3 is 0 Å². The van der Waals surface area contributed by atoms with Gasteiger partial charge in [0.2, 0.25) is 0 Å². The highest BCUT2D eigenvalue weighted by Gasteiger charge is 2.28. The average molecular weight is 555 g/mol. The summed E-state index contributed by atoms with van der Waals surface area (Å²) in [6.07, 6.45) is 0. The van der Waals surface area contributed by atoms with Gasteiger partial charge in [-0.2, -0.15) is 0 Å². The highest BCUT2D eigenvalue weighted by Crippen LogP contribution is 2.52. The molecule has 0 saturated carbocycles. The van der Waals surface area contributed by atoms with Crippen molar-refractivity contribution in [3.8, 4) is 45.4 Å². The molecular weight excluding hydrogens is 527 g/mol. The summed E-state index contributed by atoms with van der Waals surface area (Å²) in [7, 11) is 3.29. The van der Waals surface area contributed by atoms with E-state index < -0.39 is 0 Å². The fraction of sp³-hybridized carbons (Fsp3) is 0.0833. The number of para-hydroxylation sites is 4. The van der Waals surface area contributed by atoms with E-state index in [1.54, 1.807) is 26.4 Å². The number of pyridine rings is 1. The van der Waals surface area contributed by atoms with E-state index in [0.29, 0.717) is 11.5 Å². The lowest BCUT2D eigenvalue weighted by Crippen LogP contribution is -2.16. The van der Waals surface area contributed by atoms with E-state index in [4.69, 9.17) is 19.2 Å². The van der Waals surface area contributed by atoms with Crippen molar-refractivity contribution in [2.24, 2.45) is 0 Å². The van der Waals surface area contributed by atoms with Crippen LogP contribution in [0.4, 0.5) is 21.5 Å². The number of halogens is 1. The van der Waals surface area contributed by atoms with E-state index in [-0.39, 0.29) is 5.82 Å². The third-order valence-electron chi connectivity index (χ3n) is 7.62. The summed E-state index contributed by atoms with van der Waals surface area (Å²) in [5, 5.41) is 0.995. The van der Waals surface area contributed by atoms with Crippen LogP contribution >= 0.6 is 0 Å². The molecule has 206 valence electrons. The molecule has 7 rings (SSSR count). The minimum atomic E-state index is -0.296. The first-order valence-corrected chi connectivity index (χ1v) is 13.6. The highest BCUT2D eigenvalue weighted by molar-refractivity contribution is 6.07. The van der Waals surface area contributed by atoms with E-state index in [0.717, 1.165) is 67.4 Å². The van der Waals surface area contributed by atoms with E-state index in [9.17, 15) is 4.39 Å². The maximum Gasteiger partial charge on any atom is 0.151 e. The second-order valence-corrected chi connectivity index (χ2v) is 10.2. The van der Waals surface area contributed by atoms with Gasteiger partial charge in [-0.15, -0.1) is 0 Å². The number of hydrogen-bond donors (Lipinski definition) is 0. The molecule has 0 unspecified atom stereocenters. The first-order valence-electron chi connectivity index (χ1n) is 13.6. The number of hydrogen-bond acceptors (Lipinski definition) is 5. The SMILES string of the molecule is COc1cc(OC)cc(-c2cc(-c3ccc(F)cc3)nc3c(N4c5ccccc5Oc5ccccc54)ccc(C)c23)c1. The number of fused-ring (bicyclic) bond motifs is 3. The Labute approximate surface area is 243 Å². The zero-order chi connectivity index (χ0) is 28.8. The zero-order valence-electron chi connectivity index (χ0n) is 23.4. The lowest BCUT2D eigenvalue weighted by Gasteiger charge is -2.33. The van der Waals surface area contributed by atoms with Crippen molar-refractivity contribution in [2.75, 3.05) is 19.1 Å². The van der Waals surface area contributed by atoms with Crippen molar-refractivity contribution in [1.82, 2.24) is 4.98 Å². The van der Waals surface area contributed by atoms with Crippen LogP contribution < -0.4 is 19.1 Å². The molecule has 0 spiro atoms. The molecule has 1 aliphatic heterocycles. The summed E-state index contributed by atoms with van der Waals surface area (Å²) >= 11 is 0. The fourth-order valence-electron chi connectivity index (χ4n) is 5.60. The van der Waals surface area contributed by atoms with Crippen LogP contribution in [0.15, 0.2) is 109 Å². The first kappa shape index (κ1) is 25.6. The van der Waals surface area contributed by atoms with Crippen LogP contribution in [-0.4, -0.2) is 19.2 Å². The van der Waals surface area contributed by atoms with Gasteiger partial charge in [0.25, 0.3) is 0 Å². The van der Waals surface area contributed by atoms with Crippen LogP contribution in [0, 0.1) is 12.7 Å². The zero-order valence-corrected chi connectivity index (χ0v) is 23.4. The summed E-state index contributed by atoms with van der Waals surface area (Å²) in [5.74, 6) is 2.59. The second kappa shape index (κ2) is 10.2. The van der Waals surface area contributed by atoms with E-state index in [2.05, 4.69) is 42.2 Å². The molecule has 0 aliphatic carbocycles. The number of aromatic nitrogens is 1. The van der Waals surface area contributed by atoms with Crippen molar-refractivity contribution in [1.29, 1.82) is 0 Å². The molecule has 0 N–H and O–H groups in total. The minimum absolute atomic E-state index is 0.296. The van der Waals surface area contributed by atoms with Crippen molar-refractivity contribution >= 4 is 28.0 Å². The molecule has 0 atom stereocenters. The van der Waals surface area contributed by atoms with Gasteiger partial charge in [-0.3, -0.25) is 0 Å². The van der Waals surface area contributed by atoms with Crippen LogP contribution in [0.25, 0.3) is 33.3 Å². The van der Waals surface area contributed by atoms with Crippen molar-refractivity contribution < 1.29 is 18.6 Å². The quantitative estimate of drug-likeness (QED) is 0.212. The Balaban J connectivity index is 1.58. The normalized spacial score (nSPS) is 12.0. The van der Waals surface area contributed by atoms with Crippen molar-refractivity contribution in [2.45, 2.75) is 6.92 Å². The number of aryl methyl sites for hydroxylation is 1. The Kier molecular flexibility index (Phi) is 6.24. The number of benzene rings is 5. The minimum Gasteiger partial charge on any atom is -0.497 e. The van der Waals surface area contributed by atoms with Gasteiger partial charge in [-0.05, 0) is 96.4 Å². The number of ether oxygens (including phenoxy) is 3.